The van der Waals surface area contributed by atoms with E-state index in [9.17, 15) is 5.11 Å². The zero-order valence-corrected chi connectivity index (χ0v) is 11.8. The third-order valence-corrected chi connectivity index (χ3v) is 3.82. The van der Waals surface area contributed by atoms with E-state index in [1.165, 1.54) is 16.7 Å². The van der Waals surface area contributed by atoms with Crippen LogP contribution in [-0.4, -0.2) is 27.9 Å². The third kappa shape index (κ3) is 2.73. The molecule has 1 aromatic carbocycles. The fourth-order valence-corrected chi connectivity index (χ4v) is 2.48. The van der Waals surface area contributed by atoms with Gasteiger partial charge in [0.2, 0.25) is 5.89 Å². The molecule has 0 aliphatic carbocycles. The smallest absolute Gasteiger partial charge is 0.243 e. The van der Waals surface area contributed by atoms with Gasteiger partial charge in [0.25, 0.3) is 0 Å². The first-order valence-electron chi connectivity index (χ1n) is 6.92. The van der Waals surface area contributed by atoms with E-state index >= 15 is 0 Å². The second kappa shape index (κ2) is 5.34. The molecule has 2 aromatic rings. The molecule has 3 rings (SSSR count). The van der Waals surface area contributed by atoms with Crippen LogP contribution in [0.5, 0.6) is 0 Å². The normalized spacial score (nSPS) is 22.4. The van der Waals surface area contributed by atoms with Gasteiger partial charge in [0.05, 0.1) is 12.1 Å². The Bertz CT molecular complexity index is 609. The fraction of sp³-hybridized carbons (Fsp3) is 0.467. The first-order valence-corrected chi connectivity index (χ1v) is 6.92. The number of rotatable bonds is 3. The maximum Gasteiger partial charge on any atom is 0.243 e. The molecule has 0 bridgehead atoms. The summed E-state index contributed by atoms with van der Waals surface area (Å²) in [4.78, 5) is 4.42. The van der Waals surface area contributed by atoms with Crippen molar-refractivity contribution in [2.45, 2.75) is 38.8 Å². The van der Waals surface area contributed by atoms with Crippen LogP contribution in [0, 0.1) is 13.8 Å². The number of β-amino-alcohol motifs (C(OH)–C–C–N with tert-alkyl or cyclic N) is 1. The van der Waals surface area contributed by atoms with E-state index in [4.69, 9.17) is 4.52 Å². The average molecular weight is 273 g/mol. The summed E-state index contributed by atoms with van der Waals surface area (Å²) in [7, 11) is 0. The Hall–Kier alpha value is -1.72. The zero-order valence-electron chi connectivity index (χ0n) is 11.8. The SMILES string of the molecule is Cc1ccc(Cc2noc([C@@H]3CC(O)CN3)n2)cc1C. The van der Waals surface area contributed by atoms with E-state index in [0.29, 0.717) is 31.1 Å². The molecule has 1 saturated heterocycles. The first kappa shape index (κ1) is 13.3. The summed E-state index contributed by atoms with van der Waals surface area (Å²) in [6.45, 7) is 4.78. The molecule has 0 saturated carbocycles. The Kier molecular flexibility index (Phi) is 3.54. The summed E-state index contributed by atoms with van der Waals surface area (Å²) in [6, 6.07) is 6.34. The lowest BCUT2D eigenvalue weighted by atomic mass is 10.0. The molecule has 1 unspecified atom stereocenters. The molecule has 1 aliphatic heterocycles. The van der Waals surface area contributed by atoms with Crippen LogP contribution in [0.4, 0.5) is 0 Å². The minimum atomic E-state index is -0.324. The van der Waals surface area contributed by atoms with Gasteiger partial charge >= 0.3 is 0 Å². The highest BCUT2D eigenvalue weighted by Gasteiger charge is 2.28. The highest BCUT2D eigenvalue weighted by atomic mass is 16.5. The Morgan fingerprint density at radius 1 is 1.35 bits per heavy atom. The summed E-state index contributed by atoms with van der Waals surface area (Å²) in [6.07, 6.45) is 0.973. The number of hydrogen-bond acceptors (Lipinski definition) is 5. The molecule has 0 spiro atoms. The van der Waals surface area contributed by atoms with Crippen molar-refractivity contribution in [3.05, 3.63) is 46.6 Å². The fourth-order valence-electron chi connectivity index (χ4n) is 2.48. The molecule has 5 nitrogen and oxygen atoms in total. The number of aliphatic hydroxyl groups excluding tert-OH is 1. The van der Waals surface area contributed by atoms with E-state index in [1.54, 1.807) is 0 Å². The molecule has 2 atom stereocenters. The van der Waals surface area contributed by atoms with Gasteiger partial charge in [-0.25, -0.2) is 0 Å². The van der Waals surface area contributed by atoms with Crippen LogP contribution in [0.1, 0.15) is 40.9 Å². The van der Waals surface area contributed by atoms with Crippen molar-refractivity contribution in [2.75, 3.05) is 6.54 Å². The van der Waals surface area contributed by atoms with E-state index in [0.717, 1.165) is 0 Å². The predicted octanol–water partition coefficient (Wildman–Crippen LogP) is 1.67. The van der Waals surface area contributed by atoms with Crippen LogP contribution in [-0.2, 0) is 6.42 Å². The zero-order chi connectivity index (χ0) is 14.1. The summed E-state index contributed by atoms with van der Waals surface area (Å²) < 4.78 is 5.29. The molecule has 1 aromatic heterocycles. The molecule has 1 aliphatic rings. The van der Waals surface area contributed by atoms with Gasteiger partial charge in [-0.15, -0.1) is 0 Å². The van der Waals surface area contributed by atoms with Crippen molar-refractivity contribution in [2.24, 2.45) is 0 Å². The summed E-state index contributed by atoms with van der Waals surface area (Å²) in [5, 5.41) is 16.7. The monoisotopic (exact) mass is 273 g/mol. The number of benzene rings is 1. The number of nitrogens with one attached hydrogen (secondary N) is 1. The van der Waals surface area contributed by atoms with Crippen molar-refractivity contribution in [1.82, 2.24) is 15.5 Å². The molecular formula is C15H19N3O2. The topological polar surface area (TPSA) is 71.2 Å². The van der Waals surface area contributed by atoms with Gasteiger partial charge in [0, 0.05) is 13.0 Å². The van der Waals surface area contributed by atoms with Crippen molar-refractivity contribution in [1.29, 1.82) is 0 Å². The molecule has 2 heterocycles. The maximum absolute atomic E-state index is 9.51. The van der Waals surface area contributed by atoms with Crippen LogP contribution < -0.4 is 5.32 Å². The lowest BCUT2D eigenvalue weighted by Gasteiger charge is -2.03. The van der Waals surface area contributed by atoms with E-state index < -0.39 is 0 Å². The maximum atomic E-state index is 9.51. The molecule has 5 heteroatoms. The molecule has 0 amide bonds. The Morgan fingerprint density at radius 3 is 2.90 bits per heavy atom. The minimum Gasteiger partial charge on any atom is -0.392 e. The van der Waals surface area contributed by atoms with Crippen molar-refractivity contribution < 1.29 is 9.63 Å². The predicted molar refractivity (Wildman–Crippen MR) is 74.4 cm³/mol. The van der Waals surface area contributed by atoms with Gasteiger partial charge in [0.15, 0.2) is 5.82 Å². The van der Waals surface area contributed by atoms with Gasteiger partial charge in [-0.05, 0) is 37.0 Å². The van der Waals surface area contributed by atoms with Gasteiger partial charge in [-0.2, -0.15) is 4.98 Å². The quantitative estimate of drug-likeness (QED) is 0.890. The van der Waals surface area contributed by atoms with Crippen LogP contribution in [0.25, 0.3) is 0 Å². The van der Waals surface area contributed by atoms with Crippen LogP contribution in [0.2, 0.25) is 0 Å². The van der Waals surface area contributed by atoms with Crippen LogP contribution >= 0.6 is 0 Å². The molecule has 20 heavy (non-hydrogen) atoms. The number of aliphatic hydroxyl groups is 1. The second-order valence-electron chi connectivity index (χ2n) is 5.49. The summed E-state index contributed by atoms with van der Waals surface area (Å²) in [5.41, 5.74) is 3.73. The van der Waals surface area contributed by atoms with Crippen molar-refractivity contribution in [3.63, 3.8) is 0 Å². The number of nitrogens with zero attached hydrogens (tertiary/aromatic N) is 2. The highest BCUT2D eigenvalue weighted by molar-refractivity contribution is 5.31. The molecule has 106 valence electrons. The van der Waals surface area contributed by atoms with E-state index in [-0.39, 0.29) is 12.1 Å². The molecule has 2 N–H and O–H groups in total. The van der Waals surface area contributed by atoms with Crippen LogP contribution in [0.15, 0.2) is 22.7 Å². The van der Waals surface area contributed by atoms with E-state index in [2.05, 4.69) is 47.5 Å². The second-order valence-corrected chi connectivity index (χ2v) is 5.49. The average Bonchev–Trinajstić information content (AvgIpc) is 3.03. The lowest BCUT2D eigenvalue weighted by molar-refractivity contribution is 0.191. The Balaban J connectivity index is 1.72. The third-order valence-electron chi connectivity index (χ3n) is 3.82. The number of aryl methyl sites for hydroxylation is 2. The number of hydrogen-bond donors (Lipinski definition) is 2. The summed E-state index contributed by atoms with van der Waals surface area (Å²) >= 11 is 0. The largest absolute Gasteiger partial charge is 0.392 e. The molecule has 1 fully saturated rings. The molecular weight excluding hydrogens is 254 g/mol. The Labute approximate surface area is 118 Å². The molecule has 0 radical (unpaired) electrons. The standard InChI is InChI=1S/C15H19N3O2/c1-9-3-4-11(5-10(9)2)6-14-17-15(20-18-14)13-7-12(19)8-16-13/h3-5,12-13,16,19H,6-8H2,1-2H3/t12?,13-/m0/s1. The minimum absolute atomic E-state index is 0.0222. The van der Waals surface area contributed by atoms with Crippen LogP contribution in [0.3, 0.4) is 0 Å². The van der Waals surface area contributed by atoms with Gasteiger partial charge < -0.3 is 14.9 Å². The van der Waals surface area contributed by atoms with Gasteiger partial charge in [-0.3, -0.25) is 0 Å². The van der Waals surface area contributed by atoms with E-state index in [1.807, 2.05) is 0 Å². The Morgan fingerprint density at radius 2 is 2.20 bits per heavy atom. The van der Waals surface area contributed by atoms with Crippen molar-refractivity contribution in [3.8, 4) is 0 Å². The number of aromatic nitrogens is 2. The van der Waals surface area contributed by atoms with Gasteiger partial charge in [-0.1, -0.05) is 23.4 Å². The lowest BCUT2D eigenvalue weighted by Crippen LogP contribution is -2.15. The van der Waals surface area contributed by atoms with Crippen molar-refractivity contribution >= 4 is 0 Å². The first-order chi connectivity index (χ1) is 9.61. The highest BCUT2D eigenvalue weighted by Crippen LogP contribution is 2.22. The summed E-state index contributed by atoms with van der Waals surface area (Å²) in [5.74, 6) is 1.26. The van der Waals surface area contributed by atoms with Gasteiger partial charge in [0.1, 0.15) is 0 Å².